The third kappa shape index (κ3) is 4.00. The van der Waals surface area contributed by atoms with Gasteiger partial charge in [-0.25, -0.2) is 0 Å². The Hall–Kier alpha value is -2.02. The van der Waals surface area contributed by atoms with Crippen molar-refractivity contribution in [2.24, 2.45) is 0 Å². The number of hydrogen-bond acceptors (Lipinski definition) is 1. The molecule has 0 heterocycles. The second kappa shape index (κ2) is 6.83. The van der Waals surface area contributed by atoms with E-state index in [9.17, 15) is 0 Å². The Morgan fingerprint density at radius 1 is 1.00 bits per heavy atom. The molecule has 1 heteroatoms. The predicted octanol–water partition coefficient (Wildman–Crippen LogP) is 6.16. The summed E-state index contributed by atoms with van der Waals surface area (Å²) in [5.41, 5.74) is 6.43. The normalized spacial score (nSPS) is 12.3. The Kier molecular flexibility index (Phi) is 5.07. The Morgan fingerprint density at radius 3 is 2.18 bits per heavy atom. The number of anilines is 1. The fraction of sp³-hybridized carbons (Fsp3) is 0.333. The van der Waals surface area contributed by atoms with Crippen LogP contribution in [0.1, 0.15) is 50.8 Å². The zero-order chi connectivity index (χ0) is 16.2. The van der Waals surface area contributed by atoms with Crippen molar-refractivity contribution in [3.8, 4) is 0 Å². The van der Waals surface area contributed by atoms with Crippen LogP contribution in [0.25, 0.3) is 5.70 Å². The molecule has 0 bridgehead atoms. The van der Waals surface area contributed by atoms with Gasteiger partial charge in [0.2, 0.25) is 0 Å². The summed E-state index contributed by atoms with van der Waals surface area (Å²) in [5.74, 6) is 0. The molecule has 116 valence electrons. The van der Waals surface area contributed by atoms with Crippen molar-refractivity contribution in [3.63, 3.8) is 0 Å². The molecule has 1 nitrogen and oxygen atoms in total. The van der Waals surface area contributed by atoms with Crippen LogP contribution in [0.15, 0.2) is 54.6 Å². The van der Waals surface area contributed by atoms with E-state index in [1.165, 1.54) is 22.4 Å². The predicted molar refractivity (Wildman–Crippen MR) is 98.2 cm³/mol. The van der Waals surface area contributed by atoms with Crippen LogP contribution in [0.4, 0.5) is 5.69 Å². The molecule has 0 unspecified atom stereocenters. The summed E-state index contributed by atoms with van der Waals surface area (Å²) in [7, 11) is 0. The van der Waals surface area contributed by atoms with Crippen molar-refractivity contribution in [2.45, 2.75) is 46.5 Å². The smallest absolute Gasteiger partial charge is 0.0419 e. The third-order valence-electron chi connectivity index (χ3n) is 3.87. The molecule has 0 fully saturated rings. The molecule has 22 heavy (non-hydrogen) atoms. The average Bonchev–Trinajstić information content (AvgIpc) is 2.47. The molecule has 2 rings (SSSR count). The molecule has 0 atom stereocenters. The summed E-state index contributed by atoms with van der Waals surface area (Å²) < 4.78 is 0. The molecule has 0 aliphatic carbocycles. The van der Waals surface area contributed by atoms with E-state index in [1.54, 1.807) is 0 Å². The maximum atomic E-state index is 3.58. The van der Waals surface area contributed by atoms with Gasteiger partial charge in [0.15, 0.2) is 0 Å². The van der Waals surface area contributed by atoms with Crippen molar-refractivity contribution >= 4 is 11.4 Å². The second-order valence-electron chi connectivity index (χ2n) is 6.79. The van der Waals surface area contributed by atoms with Crippen LogP contribution in [-0.2, 0) is 5.41 Å². The van der Waals surface area contributed by atoms with Gasteiger partial charge in [-0.2, -0.15) is 0 Å². The Morgan fingerprint density at radius 2 is 1.64 bits per heavy atom. The highest BCUT2D eigenvalue weighted by Gasteiger charge is 2.13. The molecule has 0 spiro atoms. The minimum Gasteiger partial charge on any atom is -0.355 e. The maximum Gasteiger partial charge on any atom is 0.0419 e. The van der Waals surface area contributed by atoms with E-state index in [1.807, 2.05) is 0 Å². The van der Waals surface area contributed by atoms with E-state index < -0.39 is 0 Å². The molecule has 0 saturated heterocycles. The van der Waals surface area contributed by atoms with Gasteiger partial charge in [-0.3, -0.25) is 0 Å². The zero-order valence-electron chi connectivity index (χ0n) is 14.4. The van der Waals surface area contributed by atoms with Gasteiger partial charge in [0.25, 0.3) is 0 Å². The van der Waals surface area contributed by atoms with Crippen molar-refractivity contribution in [2.75, 3.05) is 5.32 Å². The maximum absolute atomic E-state index is 3.58. The summed E-state index contributed by atoms with van der Waals surface area (Å²) in [6.07, 6.45) is 3.26. The molecule has 2 aromatic carbocycles. The van der Waals surface area contributed by atoms with E-state index in [-0.39, 0.29) is 5.41 Å². The van der Waals surface area contributed by atoms with Crippen LogP contribution < -0.4 is 5.32 Å². The van der Waals surface area contributed by atoms with Crippen molar-refractivity contribution in [1.82, 2.24) is 0 Å². The first-order valence-electron chi connectivity index (χ1n) is 8.05. The number of nitrogens with one attached hydrogen (secondary N) is 1. The summed E-state index contributed by atoms with van der Waals surface area (Å²) in [6.45, 7) is 11.0. The summed E-state index contributed by atoms with van der Waals surface area (Å²) in [5, 5.41) is 3.58. The summed E-state index contributed by atoms with van der Waals surface area (Å²) in [4.78, 5) is 0. The minimum atomic E-state index is 0.191. The summed E-state index contributed by atoms with van der Waals surface area (Å²) in [6, 6.07) is 17.3. The number of aryl methyl sites for hydroxylation is 1. The van der Waals surface area contributed by atoms with Crippen molar-refractivity contribution in [1.29, 1.82) is 0 Å². The van der Waals surface area contributed by atoms with Gasteiger partial charge in [-0.15, -0.1) is 0 Å². The lowest BCUT2D eigenvalue weighted by Crippen LogP contribution is -2.10. The van der Waals surface area contributed by atoms with Gasteiger partial charge >= 0.3 is 0 Å². The molecule has 2 aromatic rings. The highest BCUT2D eigenvalue weighted by Crippen LogP contribution is 2.26. The largest absolute Gasteiger partial charge is 0.355 e. The standard InChI is InChI=1S/C21H27N/c1-6-9-20(19-11-8-7-10-16(19)2)22-18-14-12-17(13-15-18)21(3,4)5/h7-15,22H,6H2,1-5H3/b20-9+. The van der Waals surface area contributed by atoms with Crippen LogP contribution >= 0.6 is 0 Å². The van der Waals surface area contributed by atoms with Crippen LogP contribution in [0.2, 0.25) is 0 Å². The Bertz CT molecular complexity index is 642. The zero-order valence-corrected chi connectivity index (χ0v) is 14.4. The third-order valence-corrected chi connectivity index (χ3v) is 3.87. The van der Waals surface area contributed by atoms with Crippen LogP contribution in [0, 0.1) is 6.92 Å². The van der Waals surface area contributed by atoms with E-state index in [0.29, 0.717) is 0 Å². The SMILES string of the molecule is CC/C=C(/Nc1ccc(C(C)(C)C)cc1)c1ccccc1C. The Balaban J connectivity index is 2.26. The summed E-state index contributed by atoms with van der Waals surface area (Å²) >= 11 is 0. The minimum absolute atomic E-state index is 0.191. The molecular weight excluding hydrogens is 266 g/mol. The fourth-order valence-corrected chi connectivity index (χ4v) is 2.52. The first-order valence-corrected chi connectivity index (χ1v) is 8.05. The van der Waals surface area contributed by atoms with E-state index in [4.69, 9.17) is 0 Å². The van der Waals surface area contributed by atoms with Gasteiger partial charge in [0.05, 0.1) is 0 Å². The lowest BCUT2D eigenvalue weighted by Gasteiger charge is -2.20. The van der Waals surface area contributed by atoms with E-state index >= 15 is 0 Å². The van der Waals surface area contributed by atoms with Gasteiger partial charge in [-0.1, -0.05) is 70.2 Å². The second-order valence-corrected chi connectivity index (χ2v) is 6.79. The van der Waals surface area contributed by atoms with Crippen LogP contribution in [0.5, 0.6) is 0 Å². The van der Waals surface area contributed by atoms with Crippen LogP contribution in [-0.4, -0.2) is 0 Å². The average molecular weight is 293 g/mol. The lowest BCUT2D eigenvalue weighted by atomic mass is 9.87. The number of allylic oxidation sites excluding steroid dienone is 1. The van der Waals surface area contributed by atoms with Gasteiger partial charge in [-0.05, 0) is 42.0 Å². The molecule has 0 radical (unpaired) electrons. The number of rotatable bonds is 4. The van der Waals surface area contributed by atoms with Gasteiger partial charge < -0.3 is 5.32 Å². The molecule has 1 N–H and O–H groups in total. The topological polar surface area (TPSA) is 12.0 Å². The highest BCUT2D eigenvalue weighted by atomic mass is 14.9. The highest BCUT2D eigenvalue weighted by molar-refractivity contribution is 5.78. The van der Waals surface area contributed by atoms with E-state index in [2.05, 4.69) is 94.5 Å². The monoisotopic (exact) mass is 293 g/mol. The number of benzene rings is 2. The molecule has 0 amide bonds. The number of hydrogen-bond donors (Lipinski definition) is 1. The lowest BCUT2D eigenvalue weighted by molar-refractivity contribution is 0.590. The van der Waals surface area contributed by atoms with Crippen LogP contribution in [0.3, 0.4) is 0 Å². The molecule has 0 aromatic heterocycles. The van der Waals surface area contributed by atoms with Crippen molar-refractivity contribution < 1.29 is 0 Å². The quantitative estimate of drug-likeness (QED) is 0.712. The van der Waals surface area contributed by atoms with E-state index in [0.717, 1.165) is 12.1 Å². The van der Waals surface area contributed by atoms with Gasteiger partial charge in [0.1, 0.15) is 0 Å². The first kappa shape index (κ1) is 16.4. The Labute approximate surface area is 135 Å². The van der Waals surface area contributed by atoms with Crippen molar-refractivity contribution in [3.05, 3.63) is 71.3 Å². The molecule has 0 saturated carbocycles. The van der Waals surface area contributed by atoms with Gasteiger partial charge in [0, 0.05) is 16.9 Å². The first-order chi connectivity index (χ1) is 10.4. The fourth-order valence-electron chi connectivity index (χ4n) is 2.52. The molecular formula is C21H27N. The molecule has 0 aliphatic heterocycles. The molecule has 0 aliphatic rings.